The van der Waals surface area contributed by atoms with Crippen molar-refractivity contribution in [2.45, 2.75) is 33.1 Å². The highest BCUT2D eigenvalue weighted by molar-refractivity contribution is 6.12. The van der Waals surface area contributed by atoms with Crippen molar-refractivity contribution >= 4 is 16.9 Å². The van der Waals surface area contributed by atoms with Crippen LogP contribution in [0, 0.1) is 5.82 Å². The number of aliphatic hydroxyl groups excluding tert-OH is 1. The van der Waals surface area contributed by atoms with Gasteiger partial charge in [0.25, 0.3) is 5.91 Å². The minimum atomic E-state index is -0.380. The number of hydrogen-bond donors (Lipinski definition) is 2. The number of carbonyl (C=O) groups excluding carboxylic acids is 1. The lowest BCUT2D eigenvalue weighted by Gasteiger charge is -2.12. The third-order valence-electron chi connectivity index (χ3n) is 5.67. The van der Waals surface area contributed by atoms with Crippen molar-refractivity contribution in [1.29, 1.82) is 0 Å². The summed E-state index contributed by atoms with van der Waals surface area (Å²) < 4.78 is 31.3. The molecule has 178 valence electrons. The molecule has 0 aliphatic rings. The number of ether oxygens (including phenoxy) is 1. The molecule has 0 atom stereocenters. The highest BCUT2D eigenvalue weighted by atomic mass is 19.1. The molecule has 0 unspecified atom stereocenters. The maximum absolute atomic E-state index is 13.5. The number of aromatic nitrogens is 1. The Morgan fingerprint density at radius 2 is 1.94 bits per heavy atom. The topological polar surface area (TPSA) is 97.7 Å². The molecule has 2 N–H and O–H groups in total. The fraction of sp³-hybridized carbons (Fsp3) is 0.308. The largest absolute Gasteiger partial charge is 0.493 e. The van der Waals surface area contributed by atoms with Crippen LogP contribution in [-0.2, 0) is 12.8 Å². The van der Waals surface area contributed by atoms with Gasteiger partial charge in [0, 0.05) is 43.0 Å². The number of halogens is 1. The Hall–Kier alpha value is -3.65. The van der Waals surface area contributed by atoms with Gasteiger partial charge in [0.15, 0.2) is 0 Å². The van der Waals surface area contributed by atoms with Crippen molar-refractivity contribution in [1.82, 2.24) is 10.5 Å². The second kappa shape index (κ2) is 10.1. The predicted octanol–water partition coefficient (Wildman–Crippen LogP) is 5.14. The van der Waals surface area contributed by atoms with E-state index in [0.717, 1.165) is 22.6 Å². The first-order valence-electron chi connectivity index (χ1n) is 11.3. The summed E-state index contributed by atoms with van der Waals surface area (Å²) in [6, 6.07) is 9.39. The van der Waals surface area contributed by atoms with E-state index in [-0.39, 0.29) is 18.3 Å². The molecule has 0 spiro atoms. The fourth-order valence-electron chi connectivity index (χ4n) is 3.99. The number of aryl methyl sites for hydroxylation is 2. The van der Waals surface area contributed by atoms with Gasteiger partial charge in [-0.05, 0) is 42.8 Å². The first-order chi connectivity index (χ1) is 16.5. The Morgan fingerprint density at radius 1 is 1.18 bits per heavy atom. The van der Waals surface area contributed by atoms with Gasteiger partial charge in [-0.3, -0.25) is 4.79 Å². The van der Waals surface area contributed by atoms with Gasteiger partial charge >= 0.3 is 0 Å². The molecular weight excluding hydrogens is 439 g/mol. The van der Waals surface area contributed by atoms with Gasteiger partial charge < -0.3 is 24.1 Å². The predicted molar refractivity (Wildman–Crippen MR) is 126 cm³/mol. The van der Waals surface area contributed by atoms with E-state index in [2.05, 4.69) is 10.5 Å². The van der Waals surface area contributed by atoms with Crippen LogP contribution in [0.4, 0.5) is 4.39 Å². The van der Waals surface area contributed by atoms with Gasteiger partial charge in [0.2, 0.25) is 0 Å². The highest BCUT2D eigenvalue weighted by Crippen LogP contribution is 2.42. The number of benzene rings is 2. The van der Waals surface area contributed by atoms with Crippen molar-refractivity contribution in [3.63, 3.8) is 0 Å². The van der Waals surface area contributed by atoms with E-state index in [9.17, 15) is 14.3 Å². The lowest BCUT2D eigenvalue weighted by Crippen LogP contribution is -2.18. The van der Waals surface area contributed by atoms with Crippen LogP contribution in [0.1, 0.15) is 42.1 Å². The lowest BCUT2D eigenvalue weighted by molar-refractivity contribution is 0.0964. The molecule has 4 rings (SSSR count). The third kappa shape index (κ3) is 4.28. The number of amides is 1. The number of nitrogens with zero attached hydrogens (tertiary/aromatic N) is 1. The van der Waals surface area contributed by atoms with Crippen LogP contribution in [0.3, 0.4) is 0 Å². The van der Waals surface area contributed by atoms with Crippen LogP contribution in [-0.4, -0.2) is 36.4 Å². The van der Waals surface area contributed by atoms with E-state index in [1.807, 2.05) is 19.9 Å². The first kappa shape index (κ1) is 23.5. The zero-order chi connectivity index (χ0) is 24.2. The molecule has 2 heterocycles. The Kier molecular flexibility index (Phi) is 6.98. The molecule has 7 nitrogen and oxygen atoms in total. The van der Waals surface area contributed by atoms with Crippen LogP contribution in [0.15, 0.2) is 45.3 Å². The molecule has 0 saturated heterocycles. The lowest BCUT2D eigenvalue weighted by atomic mass is 9.97. The van der Waals surface area contributed by atoms with Crippen LogP contribution >= 0.6 is 0 Å². The average molecular weight is 467 g/mol. The fourth-order valence-corrected chi connectivity index (χ4v) is 3.99. The van der Waals surface area contributed by atoms with Crippen molar-refractivity contribution in [3.05, 3.63) is 59.2 Å². The normalized spacial score (nSPS) is 11.2. The minimum absolute atomic E-state index is 0.00478. The SMILES string of the molecule is CCc1noc(CC)c1-c1cc2oc(-c3ccc(F)cc3)c(C(=O)NC)c2cc1OCCCO. The van der Waals surface area contributed by atoms with Crippen molar-refractivity contribution in [3.8, 4) is 28.2 Å². The number of nitrogens with one attached hydrogen (secondary N) is 1. The molecule has 2 aromatic heterocycles. The van der Waals surface area contributed by atoms with Crippen LogP contribution < -0.4 is 10.1 Å². The molecule has 0 saturated carbocycles. The zero-order valence-corrected chi connectivity index (χ0v) is 19.4. The van der Waals surface area contributed by atoms with E-state index >= 15 is 0 Å². The highest BCUT2D eigenvalue weighted by Gasteiger charge is 2.26. The van der Waals surface area contributed by atoms with Crippen molar-refractivity contribution in [2.24, 2.45) is 0 Å². The Bertz CT molecular complexity index is 1290. The molecule has 0 radical (unpaired) electrons. The summed E-state index contributed by atoms with van der Waals surface area (Å²) in [5, 5.41) is 16.7. The first-order valence-corrected chi connectivity index (χ1v) is 11.3. The average Bonchev–Trinajstić information content (AvgIpc) is 3.44. The Labute approximate surface area is 196 Å². The third-order valence-corrected chi connectivity index (χ3v) is 5.67. The van der Waals surface area contributed by atoms with Crippen LogP contribution in [0.5, 0.6) is 5.75 Å². The number of furan rings is 1. The zero-order valence-electron chi connectivity index (χ0n) is 19.4. The summed E-state index contributed by atoms with van der Waals surface area (Å²) in [6.45, 7) is 4.27. The van der Waals surface area contributed by atoms with E-state index in [4.69, 9.17) is 13.7 Å². The van der Waals surface area contributed by atoms with E-state index in [0.29, 0.717) is 59.5 Å². The molecular formula is C26H27FN2O5. The van der Waals surface area contributed by atoms with E-state index < -0.39 is 0 Å². The molecule has 4 aromatic rings. The van der Waals surface area contributed by atoms with E-state index in [1.54, 1.807) is 25.2 Å². The van der Waals surface area contributed by atoms with Gasteiger partial charge in [0.1, 0.15) is 28.7 Å². The quantitative estimate of drug-likeness (QED) is 0.332. The summed E-state index contributed by atoms with van der Waals surface area (Å²) in [6.07, 6.45) is 1.76. The van der Waals surface area contributed by atoms with Gasteiger partial charge in [-0.25, -0.2) is 4.39 Å². The minimum Gasteiger partial charge on any atom is -0.493 e. The van der Waals surface area contributed by atoms with Crippen LogP contribution in [0.25, 0.3) is 33.4 Å². The molecule has 0 aliphatic carbocycles. The molecule has 2 aromatic carbocycles. The maximum Gasteiger partial charge on any atom is 0.255 e. The standard InChI is InChI=1S/C26H27FN2O5/c1-4-19-23(20(5-2)34-29-19)17-14-22-18(13-21(17)32-12-6-11-30)24(26(31)28-3)25(33-22)15-7-9-16(27)10-8-15/h7-10,13-14,30H,4-6,11-12H2,1-3H3,(H,28,31). The summed E-state index contributed by atoms with van der Waals surface area (Å²) in [5.41, 5.74) is 3.76. The number of rotatable bonds is 9. The number of carbonyl (C=O) groups is 1. The van der Waals surface area contributed by atoms with E-state index in [1.165, 1.54) is 12.1 Å². The Morgan fingerprint density at radius 3 is 2.59 bits per heavy atom. The second-order valence-electron chi connectivity index (χ2n) is 7.80. The molecule has 8 heteroatoms. The molecule has 0 bridgehead atoms. The van der Waals surface area contributed by atoms with Gasteiger partial charge in [0.05, 0.1) is 23.4 Å². The smallest absolute Gasteiger partial charge is 0.255 e. The summed E-state index contributed by atoms with van der Waals surface area (Å²) >= 11 is 0. The molecule has 1 amide bonds. The van der Waals surface area contributed by atoms with Gasteiger partial charge in [-0.1, -0.05) is 19.0 Å². The number of hydrogen-bond acceptors (Lipinski definition) is 6. The van der Waals surface area contributed by atoms with Gasteiger partial charge in [-0.15, -0.1) is 0 Å². The second-order valence-corrected chi connectivity index (χ2v) is 7.80. The summed E-state index contributed by atoms with van der Waals surface area (Å²) in [4.78, 5) is 12.9. The van der Waals surface area contributed by atoms with Crippen LogP contribution in [0.2, 0.25) is 0 Å². The molecule has 34 heavy (non-hydrogen) atoms. The monoisotopic (exact) mass is 466 g/mol. The van der Waals surface area contributed by atoms with Crippen molar-refractivity contribution in [2.75, 3.05) is 20.3 Å². The number of aliphatic hydroxyl groups is 1. The van der Waals surface area contributed by atoms with Gasteiger partial charge in [-0.2, -0.15) is 0 Å². The Balaban J connectivity index is 1.99. The molecule has 0 fully saturated rings. The number of fused-ring (bicyclic) bond motifs is 1. The summed E-state index contributed by atoms with van der Waals surface area (Å²) in [5.74, 6) is 0.880. The maximum atomic E-state index is 13.5. The van der Waals surface area contributed by atoms with Crippen molar-refractivity contribution < 1.29 is 28.0 Å². The molecule has 0 aliphatic heterocycles. The summed E-state index contributed by atoms with van der Waals surface area (Å²) in [7, 11) is 1.54.